The quantitative estimate of drug-likeness (QED) is 0.665. The summed E-state index contributed by atoms with van der Waals surface area (Å²) < 4.78 is 34.1. The molecule has 1 aromatic rings. The number of allylic oxidation sites excluding steroid dienone is 2. The van der Waals surface area contributed by atoms with Gasteiger partial charge in [-0.2, -0.15) is 0 Å². The van der Waals surface area contributed by atoms with Crippen molar-refractivity contribution in [2.45, 2.75) is 13.8 Å². The van der Waals surface area contributed by atoms with Crippen molar-refractivity contribution in [1.29, 1.82) is 0 Å². The van der Waals surface area contributed by atoms with Crippen molar-refractivity contribution in [3.63, 3.8) is 0 Å². The van der Waals surface area contributed by atoms with Crippen LogP contribution in [-0.2, 0) is 14.8 Å². The summed E-state index contributed by atoms with van der Waals surface area (Å²) in [5.41, 5.74) is 0.325. The summed E-state index contributed by atoms with van der Waals surface area (Å²) in [6.45, 7) is 7.85. The van der Waals surface area contributed by atoms with Gasteiger partial charge in [0.05, 0.1) is 13.2 Å². The van der Waals surface area contributed by atoms with Crippen molar-refractivity contribution in [2.75, 3.05) is 52.5 Å². The van der Waals surface area contributed by atoms with Gasteiger partial charge >= 0.3 is 0 Å². The number of rotatable bonds is 8. The van der Waals surface area contributed by atoms with Crippen molar-refractivity contribution in [3.8, 4) is 0 Å². The lowest BCUT2D eigenvalue weighted by Gasteiger charge is -2.30. The molecule has 0 atom stereocenters. The summed E-state index contributed by atoms with van der Waals surface area (Å²) in [6, 6.07) is 6.36. The Morgan fingerprint density at radius 2 is 1.62 bits per heavy atom. The molecule has 1 aromatic carbocycles. The summed E-state index contributed by atoms with van der Waals surface area (Å²) in [4.78, 5) is 29.5. The number of nitrogens with zero attached hydrogens (tertiary/aromatic N) is 2. The van der Waals surface area contributed by atoms with E-state index in [1.54, 1.807) is 23.1 Å². The van der Waals surface area contributed by atoms with E-state index in [1.165, 1.54) is 6.07 Å². The van der Waals surface area contributed by atoms with E-state index in [0.717, 1.165) is 13.1 Å². The monoisotopic (exact) mass is 421 g/mol. The Morgan fingerprint density at radius 3 is 2.21 bits per heavy atom. The number of benzene rings is 1. The maximum Gasteiger partial charge on any atom is 0.246 e. The molecule has 0 saturated carbocycles. The Morgan fingerprint density at radius 1 is 1.03 bits per heavy atom. The molecule has 8 nitrogen and oxygen atoms in total. The molecule has 1 N–H and O–H groups in total. The van der Waals surface area contributed by atoms with Crippen LogP contribution in [-0.4, -0.2) is 82.3 Å². The molecule has 1 heterocycles. The van der Waals surface area contributed by atoms with E-state index in [1.807, 2.05) is 13.8 Å². The van der Waals surface area contributed by atoms with Crippen molar-refractivity contribution in [3.05, 3.63) is 46.0 Å². The van der Waals surface area contributed by atoms with Crippen LogP contribution in [0.5, 0.6) is 0 Å². The normalized spacial score (nSPS) is 18.1. The van der Waals surface area contributed by atoms with Crippen molar-refractivity contribution in [2.24, 2.45) is 0 Å². The van der Waals surface area contributed by atoms with Gasteiger partial charge in [-0.05, 0) is 13.8 Å². The van der Waals surface area contributed by atoms with Gasteiger partial charge in [-0.1, -0.05) is 24.3 Å². The molecule has 1 fully saturated rings. The number of morpholine rings is 1. The number of carbonyl (C=O) groups is 2. The molecule has 9 heteroatoms. The van der Waals surface area contributed by atoms with Crippen LogP contribution in [0, 0.1) is 0 Å². The third-order valence-electron chi connectivity index (χ3n) is 5.22. The standard InChI is InChI=1S/C20H27N3O5S/c1-3-23(4-2)17-18(24)15-7-5-6-8-16(15)19(25)20(17)29(26,27)21-9-10-22-11-13-28-14-12-22/h5-8,21H,3-4,9-14H2,1-2H3. The van der Waals surface area contributed by atoms with Crippen LogP contribution in [0.3, 0.4) is 0 Å². The van der Waals surface area contributed by atoms with Gasteiger partial charge in [0.25, 0.3) is 0 Å². The summed E-state index contributed by atoms with van der Waals surface area (Å²) in [6.07, 6.45) is 0. The topological polar surface area (TPSA) is 96.0 Å². The molecule has 0 radical (unpaired) electrons. The zero-order valence-electron chi connectivity index (χ0n) is 16.8. The fourth-order valence-electron chi connectivity index (χ4n) is 3.65. The number of Topliss-reactive ketones (excluding diaryl/α,β-unsaturated/α-hetero) is 2. The third-order valence-corrected chi connectivity index (χ3v) is 6.73. The molecular weight excluding hydrogens is 394 g/mol. The highest BCUT2D eigenvalue weighted by atomic mass is 32.2. The summed E-state index contributed by atoms with van der Waals surface area (Å²) in [5.74, 6) is -1.07. The number of ketones is 2. The number of likely N-dealkylation sites (N-methyl/N-ethyl adjacent to an activating group) is 1. The first-order chi connectivity index (χ1) is 13.9. The highest BCUT2D eigenvalue weighted by Gasteiger charge is 2.40. The largest absolute Gasteiger partial charge is 0.379 e. The molecule has 2 aliphatic rings. The first-order valence-corrected chi connectivity index (χ1v) is 11.4. The first-order valence-electron chi connectivity index (χ1n) is 9.88. The lowest BCUT2D eigenvalue weighted by Crippen LogP contribution is -2.43. The Balaban J connectivity index is 1.93. The first kappa shape index (κ1) is 21.6. The minimum absolute atomic E-state index is 0.0439. The molecule has 1 saturated heterocycles. The minimum atomic E-state index is -4.16. The summed E-state index contributed by atoms with van der Waals surface area (Å²) >= 11 is 0. The number of nitrogens with one attached hydrogen (secondary N) is 1. The van der Waals surface area contributed by atoms with Gasteiger partial charge in [-0.25, -0.2) is 13.1 Å². The number of hydrogen-bond donors (Lipinski definition) is 1. The van der Waals surface area contributed by atoms with Crippen molar-refractivity contribution < 1.29 is 22.7 Å². The summed E-state index contributed by atoms with van der Waals surface area (Å²) in [5, 5.41) is 0. The SMILES string of the molecule is CCN(CC)C1=C(S(=O)(=O)NCCN2CCOCC2)C(=O)c2ccccc2C1=O. The number of hydrogen-bond acceptors (Lipinski definition) is 7. The third kappa shape index (κ3) is 4.42. The molecule has 0 aromatic heterocycles. The summed E-state index contributed by atoms with van der Waals surface area (Å²) in [7, 11) is -4.16. The Kier molecular flexibility index (Phi) is 6.84. The second kappa shape index (κ2) is 9.17. The zero-order valence-corrected chi connectivity index (χ0v) is 17.6. The fourth-order valence-corrected chi connectivity index (χ4v) is 4.99. The van der Waals surface area contributed by atoms with Crippen LogP contribution < -0.4 is 4.72 Å². The highest BCUT2D eigenvalue weighted by molar-refractivity contribution is 7.94. The predicted octanol–water partition coefficient (Wildman–Crippen LogP) is 0.871. The predicted molar refractivity (Wildman–Crippen MR) is 109 cm³/mol. The van der Waals surface area contributed by atoms with E-state index in [9.17, 15) is 18.0 Å². The molecule has 0 amide bonds. The van der Waals surface area contributed by atoms with Gasteiger partial charge in [-0.3, -0.25) is 14.5 Å². The average Bonchev–Trinajstić information content (AvgIpc) is 2.73. The minimum Gasteiger partial charge on any atom is -0.379 e. The Bertz CT molecular complexity index is 916. The molecule has 1 aliphatic carbocycles. The van der Waals surface area contributed by atoms with Gasteiger partial charge < -0.3 is 9.64 Å². The molecule has 0 spiro atoms. The van der Waals surface area contributed by atoms with Crippen LogP contribution in [0.2, 0.25) is 0 Å². The van der Waals surface area contributed by atoms with Gasteiger partial charge in [-0.15, -0.1) is 0 Å². The number of sulfonamides is 1. The van der Waals surface area contributed by atoms with E-state index in [0.29, 0.717) is 32.8 Å². The van der Waals surface area contributed by atoms with Gasteiger partial charge in [0.15, 0.2) is 4.91 Å². The van der Waals surface area contributed by atoms with Crippen molar-refractivity contribution in [1.82, 2.24) is 14.5 Å². The molecule has 158 valence electrons. The molecule has 3 rings (SSSR count). The number of fused-ring (bicyclic) bond motifs is 1. The maximum atomic E-state index is 13.1. The van der Waals surface area contributed by atoms with Crippen LogP contribution in [0.15, 0.2) is 34.9 Å². The molecular formula is C20H27N3O5S. The molecule has 0 bridgehead atoms. The second-order valence-electron chi connectivity index (χ2n) is 6.91. The lowest BCUT2D eigenvalue weighted by atomic mass is 9.92. The van der Waals surface area contributed by atoms with E-state index >= 15 is 0 Å². The zero-order chi connectivity index (χ0) is 21.0. The number of carbonyl (C=O) groups excluding carboxylic acids is 2. The van der Waals surface area contributed by atoms with Gasteiger partial charge in [0.1, 0.15) is 5.70 Å². The average molecular weight is 422 g/mol. The molecule has 1 aliphatic heterocycles. The fraction of sp³-hybridized carbons (Fsp3) is 0.500. The van der Waals surface area contributed by atoms with E-state index in [2.05, 4.69) is 9.62 Å². The van der Waals surface area contributed by atoms with E-state index < -0.39 is 26.5 Å². The van der Waals surface area contributed by atoms with Crippen LogP contribution >= 0.6 is 0 Å². The van der Waals surface area contributed by atoms with E-state index in [-0.39, 0.29) is 23.4 Å². The van der Waals surface area contributed by atoms with Crippen molar-refractivity contribution >= 4 is 21.6 Å². The Hall–Kier alpha value is -2.07. The molecule has 0 unspecified atom stereocenters. The van der Waals surface area contributed by atoms with Gasteiger partial charge in [0, 0.05) is 50.4 Å². The Labute approximate surface area is 171 Å². The smallest absolute Gasteiger partial charge is 0.246 e. The highest BCUT2D eigenvalue weighted by Crippen LogP contribution is 2.30. The second-order valence-corrected chi connectivity index (χ2v) is 8.61. The van der Waals surface area contributed by atoms with E-state index in [4.69, 9.17) is 4.74 Å². The maximum absolute atomic E-state index is 13.1. The van der Waals surface area contributed by atoms with Crippen LogP contribution in [0.1, 0.15) is 34.6 Å². The molecule has 29 heavy (non-hydrogen) atoms. The van der Waals surface area contributed by atoms with Crippen LogP contribution in [0.4, 0.5) is 0 Å². The number of ether oxygens (including phenoxy) is 1. The van der Waals surface area contributed by atoms with Crippen LogP contribution in [0.25, 0.3) is 0 Å². The lowest BCUT2D eigenvalue weighted by molar-refractivity contribution is 0.0390. The van der Waals surface area contributed by atoms with Gasteiger partial charge in [0.2, 0.25) is 21.6 Å².